The molecule has 0 radical (unpaired) electrons. The number of carbonyl (C=O) groups excluding carboxylic acids is 1. The highest BCUT2D eigenvalue weighted by Crippen LogP contribution is 2.23. The minimum atomic E-state index is 0.489. The van der Waals surface area contributed by atoms with Crippen LogP contribution in [0.5, 0.6) is 0 Å². The number of anilines is 1. The van der Waals surface area contributed by atoms with Crippen molar-refractivity contribution in [2.45, 2.75) is 13.5 Å². The Hall–Kier alpha value is -1.80. The van der Waals surface area contributed by atoms with Crippen LogP contribution >= 0.6 is 11.6 Å². The van der Waals surface area contributed by atoms with E-state index in [2.05, 4.69) is 36.1 Å². The van der Waals surface area contributed by atoms with Gasteiger partial charge in [-0.25, -0.2) is 0 Å². The summed E-state index contributed by atoms with van der Waals surface area (Å²) in [6.07, 6.45) is 0.770. The van der Waals surface area contributed by atoms with E-state index < -0.39 is 0 Å². The van der Waals surface area contributed by atoms with Crippen molar-refractivity contribution < 1.29 is 4.79 Å². The molecule has 2 aromatic rings. The third-order valence-electron chi connectivity index (χ3n) is 3.09. The van der Waals surface area contributed by atoms with Crippen LogP contribution in [0, 0.1) is 6.92 Å². The average molecular weight is 274 g/mol. The first kappa shape index (κ1) is 13.6. The molecule has 0 heterocycles. The monoisotopic (exact) mass is 273 g/mol. The second-order valence-corrected chi connectivity index (χ2v) is 5.07. The lowest BCUT2D eigenvalue weighted by Gasteiger charge is -2.20. The lowest BCUT2D eigenvalue weighted by molar-refractivity contribution is 0.112. The molecule has 0 saturated carbocycles. The van der Waals surface area contributed by atoms with Gasteiger partial charge in [-0.3, -0.25) is 4.79 Å². The van der Waals surface area contributed by atoms with Gasteiger partial charge in [0, 0.05) is 24.8 Å². The van der Waals surface area contributed by atoms with Gasteiger partial charge >= 0.3 is 0 Å². The summed E-state index contributed by atoms with van der Waals surface area (Å²) in [4.78, 5) is 12.8. The van der Waals surface area contributed by atoms with Crippen molar-refractivity contribution in [3.8, 4) is 0 Å². The summed E-state index contributed by atoms with van der Waals surface area (Å²) >= 11 is 6.04. The van der Waals surface area contributed by atoms with Crippen molar-refractivity contribution in [3.63, 3.8) is 0 Å². The van der Waals surface area contributed by atoms with Gasteiger partial charge in [0.05, 0.1) is 5.02 Å². The van der Waals surface area contributed by atoms with E-state index in [0.717, 1.165) is 18.5 Å². The van der Waals surface area contributed by atoms with Gasteiger partial charge in [-0.05, 0) is 30.7 Å². The van der Waals surface area contributed by atoms with Gasteiger partial charge < -0.3 is 4.90 Å². The molecule has 0 aromatic heterocycles. The fraction of sp³-hybridized carbons (Fsp3) is 0.188. The highest BCUT2D eigenvalue weighted by atomic mass is 35.5. The topological polar surface area (TPSA) is 20.3 Å². The number of rotatable bonds is 4. The number of benzene rings is 2. The van der Waals surface area contributed by atoms with Crippen LogP contribution < -0.4 is 4.90 Å². The Morgan fingerprint density at radius 3 is 2.42 bits per heavy atom. The maximum Gasteiger partial charge on any atom is 0.151 e. The first-order chi connectivity index (χ1) is 9.10. The van der Waals surface area contributed by atoms with E-state index in [0.29, 0.717) is 10.6 Å². The molecule has 0 amide bonds. The molecule has 0 bridgehead atoms. The Morgan fingerprint density at radius 2 is 1.84 bits per heavy atom. The normalized spacial score (nSPS) is 10.3. The number of nitrogens with zero attached hydrogens (tertiary/aromatic N) is 1. The van der Waals surface area contributed by atoms with Crippen molar-refractivity contribution in [1.29, 1.82) is 0 Å². The van der Waals surface area contributed by atoms with Crippen LogP contribution in [0.2, 0.25) is 5.02 Å². The molecule has 3 heteroatoms. The lowest BCUT2D eigenvalue weighted by Crippen LogP contribution is -2.16. The summed E-state index contributed by atoms with van der Waals surface area (Å²) in [7, 11) is 2.01. The van der Waals surface area contributed by atoms with Crippen LogP contribution in [-0.4, -0.2) is 13.3 Å². The molecule has 0 aliphatic rings. The Kier molecular flexibility index (Phi) is 4.23. The largest absolute Gasteiger partial charge is 0.370 e. The number of aryl methyl sites for hydroxylation is 1. The third-order valence-corrected chi connectivity index (χ3v) is 3.42. The van der Waals surface area contributed by atoms with Crippen LogP contribution in [0.15, 0.2) is 42.5 Å². The highest BCUT2D eigenvalue weighted by molar-refractivity contribution is 6.33. The number of hydrogen-bond donors (Lipinski definition) is 0. The Morgan fingerprint density at radius 1 is 1.16 bits per heavy atom. The summed E-state index contributed by atoms with van der Waals surface area (Å²) in [5, 5.41) is 0.489. The molecular weight excluding hydrogens is 258 g/mol. The highest BCUT2D eigenvalue weighted by Gasteiger charge is 2.05. The van der Waals surface area contributed by atoms with Gasteiger partial charge in [-0.1, -0.05) is 41.4 Å². The number of aldehydes is 1. The molecule has 2 nitrogen and oxygen atoms in total. The molecule has 2 rings (SSSR count). The van der Waals surface area contributed by atoms with E-state index in [1.807, 2.05) is 19.2 Å². The van der Waals surface area contributed by atoms with E-state index in [-0.39, 0.29) is 0 Å². The number of carbonyl (C=O) groups is 1. The van der Waals surface area contributed by atoms with Gasteiger partial charge in [0.15, 0.2) is 6.29 Å². The molecular formula is C16H16ClNO. The minimum absolute atomic E-state index is 0.489. The van der Waals surface area contributed by atoms with Crippen LogP contribution in [-0.2, 0) is 6.54 Å². The summed E-state index contributed by atoms with van der Waals surface area (Å²) in [5.41, 5.74) is 4.01. The molecule has 0 spiro atoms. The molecule has 0 atom stereocenters. The molecule has 0 saturated heterocycles. The predicted octanol–water partition coefficient (Wildman–Crippen LogP) is 4.10. The maximum absolute atomic E-state index is 10.7. The molecule has 0 N–H and O–H groups in total. The average Bonchev–Trinajstić information content (AvgIpc) is 2.41. The van der Waals surface area contributed by atoms with Crippen molar-refractivity contribution in [3.05, 3.63) is 64.2 Å². The summed E-state index contributed by atoms with van der Waals surface area (Å²) in [6.45, 7) is 2.88. The summed E-state index contributed by atoms with van der Waals surface area (Å²) in [5.74, 6) is 0. The Labute approximate surface area is 118 Å². The van der Waals surface area contributed by atoms with Crippen molar-refractivity contribution in [1.82, 2.24) is 0 Å². The van der Waals surface area contributed by atoms with Crippen molar-refractivity contribution >= 4 is 23.6 Å². The molecule has 0 fully saturated rings. The molecule has 0 aliphatic carbocycles. The zero-order valence-corrected chi connectivity index (χ0v) is 11.8. The molecule has 98 valence electrons. The zero-order valence-electron chi connectivity index (χ0n) is 11.1. The van der Waals surface area contributed by atoms with Crippen molar-refractivity contribution in [2.24, 2.45) is 0 Å². The maximum atomic E-state index is 10.7. The number of hydrogen-bond acceptors (Lipinski definition) is 2. The Balaban J connectivity index is 2.15. The zero-order chi connectivity index (χ0) is 13.8. The second-order valence-electron chi connectivity index (χ2n) is 4.67. The van der Waals surface area contributed by atoms with Crippen LogP contribution in [0.25, 0.3) is 0 Å². The second kappa shape index (κ2) is 5.89. The van der Waals surface area contributed by atoms with E-state index >= 15 is 0 Å². The predicted molar refractivity (Wildman–Crippen MR) is 80.1 cm³/mol. The van der Waals surface area contributed by atoms with Crippen LogP contribution in [0.1, 0.15) is 21.5 Å². The molecule has 2 aromatic carbocycles. The first-order valence-electron chi connectivity index (χ1n) is 6.11. The lowest BCUT2D eigenvalue weighted by atomic mass is 10.1. The standard InChI is InChI=1S/C16H16ClNO/c1-12-3-5-13(6-4-12)10-18(2)15-8-7-14(11-19)16(17)9-15/h3-9,11H,10H2,1-2H3. The van der Waals surface area contributed by atoms with E-state index in [9.17, 15) is 4.79 Å². The van der Waals surface area contributed by atoms with E-state index in [4.69, 9.17) is 11.6 Å². The van der Waals surface area contributed by atoms with Crippen LogP contribution in [0.4, 0.5) is 5.69 Å². The fourth-order valence-electron chi connectivity index (χ4n) is 1.91. The smallest absolute Gasteiger partial charge is 0.151 e. The van der Waals surface area contributed by atoms with Crippen molar-refractivity contribution in [2.75, 3.05) is 11.9 Å². The molecule has 0 aliphatic heterocycles. The number of halogens is 1. The van der Waals surface area contributed by atoms with Gasteiger partial charge in [0.1, 0.15) is 0 Å². The van der Waals surface area contributed by atoms with Gasteiger partial charge in [-0.2, -0.15) is 0 Å². The summed E-state index contributed by atoms with van der Waals surface area (Å²) < 4.78 is 0. The first-order valence-corrected chi connectivity index (χ1v) is 6.49. The van der Waals surface area contributed by atoms with E-state index in [1.165, 1.54) is 11.1 Å². The molecule has 19 heavy (non-hydrogen) atoms. The van der Waals surface area contributed by atoms with Crippen LogP contribution in [0.3, 0.4) is 0 Å². The van der Waals surface area contributed by atoms with Gasteiger partial charge in [-0.15, -0.1) is 0 Å². The Bertz CT molecular complexity index is 578. The molecule has 0 unspecified atom stereocenters. The third kappa shape index (κ3) is 3.36. The van der Waals surface area contributed by atoms with E-state index in [1.54, 1.807) is 6.07 Å². The van der Waals surface area contributed by atoms with Gasteiger partial charge in [0.2, 0.25) is 0 Å². The minimum Gasteiger partial charge on any atom is -0.370 e. The van der Waals surface area contributed by atoms with Gasteiger partial charge in [0.25, 0.3) is 0 Å². The SMILES string of the molecule is Cc1ccc(CN(C)c2ccc(C=O)c(Cl)c2)cc1. The fourth-order valence-corrected chi connectivity index (χ4v) is 2.13. The summed E-state index contributed by atoms with van der Waals surface area (Å²) in [6, 6.07) is 13.9. The quantitative estimate of drug-likeness (QED) is 0.782.